The first kappa shape index (κ1) is 17.0. The van der Waals surface area contributed by atoms with Gasteiger partial charge in [-0.15, -0.1) is 0 Å². The van der Waals surface area contributed by atoms with Crippen molar-refractivity contribution in [3.63, 3.8) is 0 Å². The predicted octanol–water partition coefficient (Wildman–Crippen LogP) is 3.61. The summed E-state index contributed by atoms with van der Waals surface area (Å²) in [7, 11) is -3.41. The minimum Gasteiger partial charge on any atom is -0.387 e. The van der Waals surface area contributed by atoms with Crippen LogP contribution in [0.25, 0.3) is 0 Å². The highest BCUT2D eigenvalue weighted by atomic mass is 35.5. The molecule has 0 fully saturated rings. The van der Waals surface area contributed by atoms with Gasteiger partial charge in [0.2, 0.25) is 0 Å². The first-order valence-corrected chi connectivity index (χ1v) is 9.16. The van der Waals surface area contributed by atoms with E-state index in [1.165, 1.54) is 0 Å². The molecule has 0 aliphatic heterocycles. The van der Waals surface area contributed by atoms with Crippen molar-refractivity contribution in [2.75, 3.05) is 5.75 Å². The van der Waals surface area contributed by atoms with Crippen LogP contribution in [0.1, 0.15) is 28.4 Å². The maximum atomic E-state index is 12.3. The Labute approximate surface area is 136 Å². The van der Waals surface area contributed by atoms with Gasteiger partial charge in [-0.25, -0.2) is 8.42 Å². The van der Waals surface area contributed by atoms with Crippen molar-refractivity contribution in [3.8, 4) is 0 Å². The summed E-state index contributed by atoms with van der Waals surface area (Å²) in [5.41, 5.74) is 3.36. The van der Waals surface area contributed by atoms with E-state index in [9.17, 15) is 13.5 Å². The largest absolute Gasteiger partial charge is 0.387 e. The van der Waals surface area contributed by atoms with Gasteiger partial charge in [-0.3, -0.25) is 0 Å². The highest BCUT2D eigenvalue weighted by Gasteiger charge is 2.19. The van der Waals surface area contributed by atoms with Crippen LogP contribution in [0.5, 0.6) is 0 Å². The lowest BCUT2D eigenvalue weighted by Gasteiger charge is -2.12. The molecule has 0 bridgehead atoms. The third-order valence-corrected chi connectivity index (χ3v) is 5.18. The van der Waals surface area contributed by atoms with Gasteiger partial charge in [0.05, 0.1) is 17.6 Å². The van der Waals surface area contributed by atoms with Crippen LogP contribution in [0, 0.1) is 13.8 Å². The maximum absolute atomic E-state index is 12.3. The maximum Gasteiger partial charge on any atom is 0.157 e. The molecule has 0 aliphatic carbocycles. The van der Waals surface area contributed by atoms with Gasteiger partial charge in [-0.05, 0) is 37.1 Å². The summed E-state index contributed by atoms with van der Waals surface area (Å²) < 4.78 is 24.6. The number of aryl methyl sites for hydroxylation is 2. The molecule has 0 spiro atoms. The van der Waals surface area contributed by atoms with Crippen LogP contribution in [0.4, 0.5) is 0 Å². The molecule has 0 saturated carbocycles. The summed E-state index contributed by atoms with van der Waals surface area (Å²) >= 11 is 5.79. The fourth-order valence-electron chi connectivity index (χ4n) is 2.49. The Kier molecular flexibility index (Phi) is 5.27. The van der Waals surface area contributed by atoms with Gasteiger partial charge in [-0.2, -0.15) is 0 Å². The quantitative estimate of drug-likeness (QED) is 0.906. The molecule has 1 unspecified atom stereocenters. The van der Waals surface area contributed by atoms with Gasteiger partial charge in [0, 0.05) is 5.02 Å². The van der Waals surface area contributed by atoms with E-state index in [1.54, 1.807) is 24.3 Å². The molecule has 3 nitrogen and oxygen atoms in total. The summed E-state index contributed by atoms with van der Waals surface area (Å²) in [6, 6.07) is 12.3. The zero-order chi connectivity index (χ0) is 16.3. The molecule has 0 aliphatic rings. The van der Waals surface area contributed by atoms with E-state index < -0.39 is 15.9 Å². The molecular formula is C17H19ClO3S. The van der Waals surface area contributed by atoms with Gasteiger partial charge >= 0.3 is 0 Å². The average molecular weight is 339 g/mol. The third-order valence-electron chi connectivity index (χ3n) is 3.33. The van der Waals surface area contributed by atoms with E-state index in [1.807, 2.05) is 32.0 Å². The Hall–Kier alpha value is -1.36. The summed E-state index contributed by atoms with van der Waals surface area (Å²) in [5, 5.41) is 10.7. The number of aliphatic hydroxyl groups is 1. The molecule has 1 N–H and O–H groups in total. The van der Waals surface area contributed by atoms with Crippen molar-refractivity contribution in [1.29, 1.82) is 0 Å². The van der Waals surface area contributed by atoms with Crippen LogP contribution in [0.15, 0.2) is 42.5 Å². The van der Waals surface area contributed by atoms with E-state index in [0.29, 0.717) is 10.6 Å². The highest BCUT2D eigenvalue weighted by molar-refractivity contribution is 7.90. The molecule has 5 heteroatoms. The fourth-order valence-corrected chi connectivity index (χ4v) is 4.08. The second-order valence-corrected chi connectivity index (χ2v) is 8.16. The van der Waals surface area contributed by atoms with Crippen LogP contribution < -0.4 is 0 Å². The Bertz CT molecular complexity index is 732. The lowest BCUT2D eigenvalue weighted by atomic mass is 10.1. The van der Waals surface area contributed by atoms with Gasteiger partial charge < -0.3 is 5.11 Å². The van der Waals surface area contributed by atoms with Crippen LogP contribution >= 0.6 is 11.6 Å². The monoisotopic (exact) mass is 338 g/mol. The van der Waals surface area contributed by atoms with Crippen LogP contribution in [-0.4, -0.2) is 19.3 Å². The molecule has 1 atom stereocenters. The molecule has 2 aromatic carbocycles. The van der Waals surface area contributed by atoms with Crippen molar-refractivity contribution in [3.05, 3.63) is 69.7 Å². The molecule has 0 amide bonds. The first-order valence-electron chi connectivity index (χ1n) is 6.96. The van der Waals surface area contributed by atoms with E-state index in [0.717, 1.165) is 16.7 Å². The molecule has 0 aromatic heterocycles. The van der Waals surface area contributed by atoms with Gasteiger partial charge in [-0.1, -0.05) is 53.1 Å². The number of halogens is 1. The third kappa shape index (κ3) is 4.83. The van der Waals surface area contributed by atoms with Crippen molar-refractivity contribution in [1.82, 2.24) is 0 Å². The second-order valence-electron chi connectivity index (χ2n) is 5.62. The minimum absolute atomic E-state index is 0.0693. The van der Waals surface area contributed by atoms with Gasteiger partial charge in [0.25, 0.3) is 0 Å². The molecule has 2 rings (SSSR count). The molecule has 0 saturated heterocycles. The van der Waals surface area contributed by atoms with Crippen molar-refractivity contribution in [2.45, 2.75) is 25.7 Å². The van der Waals surface area contributed by atoms with Crippen LogP contribution in [0.2, 0.25) is 5.02 Å². The molecule has 0 heterocycles. The number of rotatable bonds is 5. The van der Waals surface area contributed by atoms with E-state index in [4.69, 9.17) is 11.6 Å². The molecule has 118 valence electrons. The minimum atomic E-state index is -3.41. The molecule has 22 heavy (non-hydrogen) atoms. The van der Waals surface area contributed by atoms with Crippen LogP contribution in [0.3, 0.4) is 0 Å². The lowest BCUT2D eigenvalue weighted by molar-refractivity contribution is 0.201. The standard InChI is InChI=1S/C17H19ClO3S/c1-12-7-13(2)9-14(8-12)10-22(20,21)11-17(19)15-3-5-16(18)6-4-15/h3-9,17,19H,10-11H2,1-2H3. The molecular weight excluding hydrogens is 320 g/mol. The normalized spacial score (nSPS) is 13.1. The van der Waals surface area contributed by atoms with E-state index in [2.05, 4.69) is 0 Å². The fraction of sp³-hybridized carbons (Fsp3) is 0.294. The smallest absolute Gasteiger partial charge is 0.157 e. The van der Waals surface area contributed by atoms with Crippen molar-refractivity contribution >= 4 is 21.4 Å². The van der Waals surface area contributed by atoms with Gasteiger partial charge in [0.1, 0.15) is 0 Å². The Morgan fingerprint density at radius 2 is 1.59 bits per heavy atom. The van der Waals surface area contributed by atoms with Gasteiger partial charge in [0.15, 0.2) is 9.84 Å². The number of hydrogen-bond acceptors (Lipinski definition) is 3. The summed E-state index contributed by atoms with van der Waals surface area (Å²) in [5.74, 6) is -0.373. The molecule has 0 radical (unpaired) electrons. The second kappa shape index (κ2) is 6.82. The first-order chi connectivity index (χ1) is 10.2. The number of benzene rings is 2. The number of hydrogen-bond donors (Lipinski definition) is 1. The zero-order valence-corrected chi connectivity index (χ0v) is 14.2. The Morgan fingerprint density at radius 1 is 1.05 bits per heavy atom. The average Bonchev–Trinajstić information content (AvgIpc) is 2.36. The topological polar surface area (TPSA) is 54.4 Å². The molecule has 2 aromatic rings. The lowest BCUT2D eigenvalue weighted by Crippen LogP contribution is -2.16. The van der Waals surface area contributed by atoms with Crippen molar-refractivity contribution in [2.24, 2.45) is 0 Å². The summed E-state index contributed by atoms with van der Waals surface area (Å²) in [6.45, 7) is 3.87. The van der Waals surface area contributed by atoms with E-state index >= 15 is 0 Å². The zero-order valence-electron chi connectivity index (χ0n) is 12.6. The summed E-state index contributed by atoms with van der Waals surface area (Å²) in [4.78, 5) is 0. The van der Waals surface area contributed by atoms with E-state index in [-0.39, 0.29) is 11.5 Å². The predicted molar refractivity (Wildman–Crippen MR) is 89.8 cm³/mol. The summed E-state index contributed by atoms with van der Waals surface area (Å²) in [6.07, 6.45) is -1.05. The number of aliphatic hydroxyl groups excluding tert-OH is 1. The van der Waals surface area contributed by atoms with Crippen LogP contribution in [-0.2, 0) is 15.6 Å². The number of sulfone groups is 1. The Balaban J connectivity index is 2.11. The Morgan fingerprint density at radius 3 is 2.14 bits per heavy atom. The highest BCUT2D eigenvalue weighted by Crippen LogP contribution is 2.20. The SMILES string of the molecule is Cc1cc(C)cc(CS(=O)(=O)CC(O)c2ccc(Cl)cc2)c1. The van der Waals surface area contributed by atoms with Crippen molar-refractivity contribution < 1.29 is 13.5 Å².